The highest BCUT2D eigenvalue weighted by Crippen LogP contribution is 2.39. The zero-order valence-corrected chi connectivity index (χ0v) is 29.1. The van der Waals surface area contributed by atoms with Gasteiger partial charge in [0.1, 0.15) is 12.6 Å². The highest BCUT2D eigenvalue weighted by molar-refractivity contribution is 8.01. The van der Waals surface area contributed by atoms with Gasteiger partial charge in [-0.3, -0.25) is 19.7 Å². The number of imidazole rings is 1. The van der Waals surface area contributed by atoms with Crippen LogP contribution in [0.4, 0.5) is 16.2 Å². The number of alkyl carbamates (subject to hydrolysis) is 1. The minimum atomic E-state index is -1.07. The molecular formula is C36H30N8O6S2. The summed E-state index contributed by atoms with van der Waals surface area (Å²) in [6.45, 7) is 1.89. The number of ether oxygens (including phenoxy) is 1. The van der Waals surface area contributed by atoms with Gasteiger partial charge in [-0.05, 0) is 48.4 Å². The maximum Gasteiger partial charge on any atom is 0.408 e. The maximum atomic E-state index is 13.1. The van der Waals surface area contributed by atoms with Gasteiger partial charge in [0.15, 0.2) is 4.34 Å². The molecule has 0 aliphatic heterocycles. The van der Waals surface area contributed by atoms with E-state index in [4.69, 9.17) is 4.74 Å². The molecule has 0 saturated carbocycles. The summed E-state index contributed by atoms with van der Waals surface area (Å²) in [5.41, 5.74) is 6.68. The Kier molecular flexibility index (Phi) is 11.3. The summed E-state index contributed by atoms with van der Waals surface area (Å²) >= 11 is 2.48. The van der Waals surface area contributed by atoms with Crippen molar-refractivity contribution in [2.75, 3.05) is 5.32 Å². The number of H-pyrrole nitrogens is 1. The van der Waals surface area contributed by atoms with E-state index in [1.807, 2.05) is 49.4 Å². The van der Waals surface area contributed by atoms with Gasteiger partial charge in [0.25, 0.3) is 17.5 Å². The van der Waals surface area contributed by atoms with Crippen molar-refractivity contribution in [3.63, 3.8) is 0 Å². The zero-order chi connectivity index (χ0) is 36.5. The van der Waals surface area contributed by atoms with Gasteiger partial charge in [-0.2, -0.15) is 5.10 Å². The number of aromatic nitrogens is 3. The number of hydrogen-bond acceptors (Lipinski definition) is 11. The number of carbonyl (C=O) groups is 3. The topological polar surface area (TPSA) is 194 Å². The van der Waals surface area contributed by atoms with Gasteiger partial charge in [0, 0.05) is 41.2 Å². The van der Waals surface area contributed by atoms with E-state index in [2.05, 4.69) is 36.1 Å². The molecule has 0 fully saturated rings. The Labute approximate surface area is 304 Å². The van der Waals surface area contributed by atoms with Crippen LogP contribution >= 0.6 is 23.1 Å². The van der Waals surface area contributed by atoms with Gasteiger partial charge in [0.2, 0.25) is 0 Å². The average molecular weight is 735 g/mol. The maximum absolute atomic E-state index is 13.1. The third-order valence-corrected chi connectivity index (χ3v) is 9.73. The molecule has 6 rings (SSSR count). The van der Waals surface area contributed by atoms with E-state index in [1.165, 1.54) is 36.1 Å². The van der Waals surface area contributed by atoms with Gasteiger partial charge in [-0.15, -0.1) is 11.3 Å². The van der Waals surface area contributed by atoms with Crippen LogP contribution in [0.3, 0.4) is 0 Å². The Bertz CT molecular complexity index is 2260. The van der Waals surface area contributed by atoms with Crippen molar-refractivity contribution < 1.29 is 24.0 Å². The van der Waals surface area contributed by atoms with Gasteiger partial charge in [-0.1, -0.05) is 66.4 Å². The van der Waals surface area contributed by atoms with E-state index in [9.17, 15) is 24.5 Å². The van der Waals surface area contributed by atoms with Crippen molar-refractivity contribution in [1.29, 1.82) is 0 Å². The first kappa shape index (κ1) is 35.4. The molecule has 4 N–H and O–H groups in total. The average Bonchev–Trinajstić information content (AvgIpc) is 3.81. The lowest BCUT2D eigenvalue weighted by Crippen LogP contribution is -2.47. The molecule has 14 nitrogen and oxygen atoms in total. The van der Waals surface area contributed by atoms with Crippen LogP contribution in [0.5, 0.6) is 0 Å². The molecule has 2 aromatic heterocycles. The number of thiazole rings is 1. The molecule has 0 radical (unpaired) electrons. The summed E-state index contributed by atoms with van der Waals surface area (Å²) in [5, 5.41) is 21.5. The highest BCUT2D eigenvalue weighted by atomic mass is 32.2. The van der Waals surface area contributed by atoms with E-state index in [0.29, 0.717) is 37.3 Å². The Morgan fingerprint density at radius 3 is 2.63 bits per heavy atom. The number of nitrogens with zero attached hydrogens (tertiary/aromatic N) is 4. The van der Waals surface area contributed by atoms with E-state index in [-0.39, 0.29) is 24.6 Å². The number of aryl methyl sites for hydroxylation is 1. The second-order valence-corrected chi connectivity index (χ2v) is 13.6. The number of nitro groups is 1. The Hall–Kier alpha value is -6.39. The van der Waals surface area contributed by atoms with Gasteiger partial charge in [0.05, 0.1) is 32.6 Å². The second-order valence-electron chi connectivity index (χ2n) is 11.3. The number of carbonyl (C=O) groups excluding carboxylic acids is 3. The number of rotatable bonds is 13. The molecule has 262 valence electrons. The lowest BCUT2D eigenvalue weighted by molar-refractivity contribution is -0.387. The van der Waals surface area contributed by atoms with Crippen LogP contribution in [0.1, 0.15) is 32.7 Å². The standard InChI is InChI=1S/C36H30N8O6S2/c1-22-7-5-6-10-27(22)33(45)40-25-12-13-28-32(17-25)52-36(42-28)51-31-14-11-24(15-30(31)44(48)49)18-39-43-34(46)29(16-26-19-37-21-38-26)41-35(47)50-20-23-8-3-2-4-9-23/h2-15,17-19,21,29H,16,20H2,1H3,(H,37,38)(H,40,45)(H,41,47)(H,43,46)/b39-18-/t29-/m0/s1. The molecule has 3 amide bonds. The fraction of sp³-hybridized carbons (Fsp3) is 0.111. The Morgan fingerprint density at radius 1 is 1.06 bits per heavy atom. The minimum Gasteiger partial charge on any atom is -0.445 e. The predicted octanol–water partition coefficient (Wildman–Crippen LogP) is 6.63. The molecule has 6 aromatic rings. The molecule has 0 saturated heterocycles. The number of anilines is 1. The second kappa shape index (κ2) is 16.5. The van der Waals surface area contributed by atoms with Crippen molar-refractivity contribution >= 4 is 68.8 Å². The molecule has 52 heavy (non-hydrogen) atoms. The summed E-state index contributed by atoms with van der Waals surface area (Å²) in [6, 6.07) is 25.2. The minimum absolute atomic E-state index is 0.0186. The number of hydrogen-bond donors (Lipinski definition) is 4. The number of nitro benzene ring substituents is 1. The monoisotopic (exact) mass is 734 g/mol. The number of fused-ring (bicyclic) bond motifs is 1. The summed E-state index contributed by atoms with van der Waals surface area (Å²) in [7, 11) is 0. The first-order chi connectivity index (χ1) is 25.2. The van der Waals surface area contributed by atoms with Crippen molar-refractivity contribution in [1.82, 2.24) is 25.7 Å². The highest BCUT2D eigenvalue weighted by Gasteiger charge is 2.23. The molecule has 0 bridgehead atoms. The molecule has 1 atom stereocenters. The summed E-state index contributed by atoms with van der Waals surface area (Å²) < 4.78 is 6.65. The van der Waals surface area contributed by atoms with Gasteiger partial charge < -0.3 is 20.4 Å². The van der Waals surface area contributed by atoms with Gasteiger partial charge in [-0.25, -0.2) is 20.2 Å². The fourth-order valence-corrected chi connectivity index (χ4v) is 7.12. The van der Waals surface area contributed by atoms with Crippen molar-refractivity contribution in [3.05, 3.63) is 142 Å². The molecule has 0 spiro atoms. The lowest BCUT2D eigenvalue weighted by atomic mass is 10.1. The van der Waals surface area contributed by atoms with E-state index in [0.717, 1.165) is 27.6 Å². The molecule has 0 aliphatic rings. The number of benzene rings is 4. The summed E-state index contributed by atoms with van der Waals surface area (Å²) in [4.78, 5) is 61.7. The largest absolute Gasteiger partial charge is 0.445 e. The predicted molar refractivity (Wildman–Crippen MR) is 198 cm³/mol. The number of hydrazone groups is 1. The van der Waals surface area contributed by atoms with Crippen molar-refractivity contribution in [3.8, 4) is 0 Å². The Morgan fingerprint density at radius 2 is 1.87 bits per heavy atom. The fourth-order valence-electron chi connectivity index (χ4n) is 4.97. The summed E-state index contributed by atoms with van der Waals surface area (Å²) in [6.07, 6.45) is 3.53. The third kappa shape index (κ3) is 9.23. The molecule has 4 aromatic carbocycles. The smallest absolute Gasteiger partial charge is 0.408 e. The van der Waals surface area contributed by atoms with E-state index in [1.54, 1.807) is 42.5 Å². The quantitative estimate of drug-likeness (QED) is 0.0573. The first-order valence-corrected chi connectivity index (χ1v) is 17.4. The van der Waals surface area contributed by atoms with Gasteiger partial charge >= 0.3 is 6.09 Å². The molecular weight excluding hydrogens is 705 g/mol. The lowest BCUT2D eigenvalue weighted by Gasteiger charge is -2.16. The molecule has 16 heteroatoms. The van der Waals surface area contributed by atoms with Crippen LogP contribution in [0, 0.1) is 17.0 Å². The molecule has 2 heterocycles. The van der Waals surface area contributed by atoms with Crippen LogP contribution in [-0.4, -0.2) is 50.0 Å². The zero-order valence-electron chi connectivity index (χ0n) is 27.4. The molecule has 0 aliphatic carbocycles. The van der Waals surface area contributed by atoms with Crippen LogP contribution in [0.2, 0.25) is 0 Å². The number of nitrogens with one attached hydrogen (secondary N) is 4. The van der Waals surface area contributed by atoms with E-state index >= 15 is 0 Å². The van der Waals surface area contributed by atoms with E-state index < -0.39 is 23.0 Å². The SMILES string of the molecule is Cc1ccccc1C(=O)Nc1ccc2nc(Sc3ccc(/C=N\NC(=O)[C@H](Cc4cnc[nH]4)NC(=O)OCc4ccccc4)cc3[N+](=O)[O-])sc2c1. The molecule has 0 unspecified atom stereocenters. The van der Waals surface area contributed by atoms with Crippen LogP contribution in [0.25, 0.3) is 10.2 Å². The van der Waals surface area contributed by atoms with Crippen molar-refractivity contribution in [2.24, 2.45) is 5.10 Å². The first-order valence-electron chi connectivity index (χ1n) is 15.7. The van der Waals surface area contributed by atoms with Crippen LogP contribution in [0.15, 0.2) is 118 Å². The summed E-state index contributed by atoms with van der Waals surface area (Å²) in [5.74, 6) is -0.863. The van der Waals surface area contributed by atoms with Crippen LogP contribution < -0.4 is 16.1 Å². The normalized spacial score (nSPS) is 11.6. The number of aromatic amines is 1. The van der Waals surface area contributed by atoms with Crippen LogP contribution in [-0.2, 0) is 22.6 Å². The Balaban J connectivity index is 1.10. The van der Waals surface area contributed by atoms with Crippen molar-refractivity contribution in [2.45, 2.75) is 35.2 Å². The third-order valence-electron chi connectivity index (χ3n) is 7.58. The number of amides is 3.